The van der Waals surface area contributed by atoms with Crippen LogP contribution in [0.5, 0.6) is 17.2 Å². The molecule has 9 nitrogen and oxygen atoms in total. The lowest BCUT2D eigenvalue weighted by atomic mass is 10.2. The summed E-state index contributed by atoms with van der Waals surface area (Å²) >= 11 is 0. The maximum Gasteiger partial charge on any atom is 0.253 e. The Balaban J connectivity index is 1.17. The van der Waals surface area contributed by atoms with Crippen LogP contribution >= 0.6 is 0 Å². The van der Waals surface area contributed by atoms with E-state index in [-0.39, 0.29) is 30.0 Å². The van der Waals surface area contributed by atoms with Crippen LogP contribution in [0.25, 0.3) is 0 Å². The highest BCUT2D eigenvalue weighted by atomic mass is 32.2. The second-order valence-corrected chi connectivity index (χ2v) is 10.4. The van der Waals surface area contributed by atoms with E-state index in [1.54, 1.807) is 35.2 Å². The maximum absolute atomic E-state index is 13.1. The minimum Gasteiger partial charge on any atom is -0.491 e. The predicted molar refractivity (Wildman–Crippen MR) is 123 cm³/mol. The first-order chi connectivity index (χ1) is 16.5. The van der Waals surface area contributed by atoms with Gasteiger partial charge in [0.25, 0.3) is 5.91 Å². The Morgan fingerprint density at radius 2 is 1.68 bits per heavy atom. The standard InChI is InChI=1S/C24H28N2O7S/c27-24(18-3-5-19(6-4-18)33-17-20-2-1-13-30-20)25-9-11-26(12-10-25)34(28,29)21-7-8-22-23(16-21)32-15-14-31-22/h3-8,16,20H,1-2,9-15,17H2. The van der Waals surface area contributed by atoms with Gasteiger partial charge in [0.05, 0.1) is 11.0 Å². The molecule has 182 valence electrons. The molecule has 0 saturated carbocycles. The number of amides is 1. The van der Waals surface area contributed by atoms with Crippen LogP contribution < -0.4 is 14.2 Å². The molecule has 0 aromatic heterocycles. The number of hydrogen-bond acceptors (Lipinski definition) is 7. The van der Waals surface area contributed by atoms with Crippen LogP contribution in [0, 0.1) is 0 Å². The molecule has 2 aromatic rings. The van der Waals surface area contributed by atoms with Gasteiger partial charge in [0.1, 0.15) is 25.6 Å². The molecule has 0 N–H and O–H groups in total. The molecular formula is C24H28N2O7S. The Morgan fingerprint density at radius 1 is 0.941 bits per heavy atom. The van der Waals surface area contributed by atoms with Crippen molar-refractivity contribution < 1.29 is 32.2 Å². The summed E-state index contributed by atoms with van der Waals surface area (Å²) in [5.74, 6) is 1.55. The van der Waals surface area contributed by atoms with Gasteiger partial charge in [-0.25, -0.2) is 8.42 Å². The third kappa shape index (κ3) is 4.84. The lowest BCUT2D eigenvalue weighted by Crippen LogP contribution is -2.50. The minimum absolute atomic E-state index is 0.123. The lowest BCUT2D eigenvalue weighted by molar-refractivity contribution is 0.0676. The molecule has 2 saturated heterocycles. The highest BCUT2D eigenvalue weighted by molar-refractivity contribution is 7.89. The van der Waals surface area contributed by atoms with Crippen molar-refractivity contribution >= 4 is 15.9 Å². The fraction of sp³-hybridized carbons (Fsp3) is 0.458. The molecule has 0 bridgehead atoms. The van der Waals surface area contributed by atoms with Gasteiger partial charge in [-0.2, -0.15) is 4.31 Å². The summed E-state index contributed by atoms with van der Waals surface area (Å²) in [6, 6.07) is 11.7. The number of nitrogens with zero attached hydrogens (tertiary/aromatic N) is 2. The summed E-state index contributed by atoms with van der Waals surface area (Å²) in [6.45, 7) is 3.22. The summed E-state index contributed by atoms with van der Waals surface area (Å²) in [7, 11) is -3.70. The molecule has 0 aliphatic carbocycles. The van der Waals surface area contributed by atoms with Crippen molar-refractivity contribution in [1.82, 2.24) is 9.21 Å². The second kappa shape index (κ2) is 9.81. The van der Waals surface area contributed by atoms with Crippen LogP contribution in [-0.4, -0.2) is 82.2 Å². The minimum atomic E-state index is -3.70. The number of benzene rings is 2. The van der Waals surface area contributed by atoms with Crippen molar-refractivity contribution in [3.8, 4) is 17.2 Å². The fourth-order valence-electron chi connectivity index (χ4n) is 4.31. The molecule has 3 aliphatic heterocycles. The Kier molecular flexibility index (Phi) is 6.62. The van der Waals surface area contributed by atoms with Crippen molar-refractivity contribution in [1.29, 1.82) is 0 Å². The van der Waals surface area contributed by atoms with Crippen molar-refractivity contribution in [2.45, 2.75) is 23.8 Å². The van der Waals surface area contributed by atoms with Crippen LogP contribution in [0.3, 0.4) is 0 Å². The van der Waals surface area contributed by atoms with Gasteiger partial charge in [-0.05, 0) is 49.2 Å². The van der Waals surface area contributed by atoms with Gasteiger partial charge in [0, 0.05) is 44.4 Å². The number of ether oxygens (including phenoxy) is 4. The summed E-state index contributed by atoms with van der Waals surface area (Å²) in [6.07, 6.45) is 2.20. The van der Waals surface area contributed by atoms with E-state index in [0.29, 0.717) is 55.7 Å². The van der Waals surface area contributed by atoms with Crippen LogP contribution in [0.15, 0.2) is 47.4 Å². The number of carbonyl (C=O) groups is 1. The number of rotatable bonds is 6. The molecule has 5 rings (SSSR count). The molecule has 34 heavy (non-hydrogen) atoms. The Labute approximate surface area is 199 Å². The zero-order valence-corrected chi connectivity index (χ0v) is 19.7. The molecule has 10 heteroatoms. The topological polar surface area (TPSA) is 94.6 Å². The number of sulfonamides is 1. The van der Waals surface area contributed by atoms with E-state index in [0.717, 1.165) is 19.4 Å². The van der Waals surface area contributed by atoms with Gasteiger partial charge in [0.2, 0.25) is 10.0 Å². The third-order valence-corrected chi connectivity index (χ3v) is 8.13. The first-order valence-corrected chi connectivity index (χ1v) is 13.0. The monoisotopic (exact) mass is 488 g/mol. The van der Waals surface area contributed by atoms with Gasteiger partial charge >= 0.3 is 0 Å². The average molecular weight is 489 g/mol. The van der Waals surface area contributed by atoms with Gasteiger partial charge in [-0.15, -0.1) is 0 Å². The molecular weight excluding hydrogens is 460 g/mol. The number of hydrogen-bond donors (Lipinski definition) is 0. The zero-order chi connectivity index (χ0) is 23.5. The van der Waals surface area contributed by atoms with Crippen LogP contribution in [0.4, 0.5) is 0 Å². The molecule has 2 fully saturated rings. The molecule has 0 radical (unpaired) electrons. The van der Waals surface area contributed by atoms with Crippen molar-refractivity contribution in [3.63, 3.8) is 0 Å². The van der Waals surface area contributed by atoms with E-state index in [2.05, 4.69) is 0 Å². The number of fused-ring (bicyclic) bond motifs is 1. The van der Waals surface area contributed by atoms with Crippen molar-refractivity contribution in [2.75, 3.05) is 52.6 Å². The summed E-state index contributed by atoms with van der Waals surface area (Å²) < 4.78 is 49.9. The molecule has 1 amide bonds. The summed E-state index contributed by atoms with van der Waals surface area (Å²) in [4.78, 5) is 14.8. The highest BCUT2D eigenvalue weighted by Gasteiger charge is 2.31. The highest BCUT2D eigenvalue weighted by Crippen LogP contribution is 2.33. The third-order valence-electron chi connectivity index (χ3n) is 6.24. The fourth-order valence-corrected chi connectivity index (χ4v) is 5.74. The molecule has 1 atom stereocenters. The second-order valence-electron chi connectivity index (χ2n) is 8.47. The van der Waals surface area contributed by atoms with Gasteiger partial charge in [0.15, 0.2) is 11.5 Å². The lowest BCUT2D eigenvalue weighted by Gasteiger charge is -2.34. The van der Waals surface area contributed by atoms with Gasteiger partial charge < -0.3 is 23.8 Å². The van der Waals surface area contributed by atoms with E-state index in [1.807, 2.05) is 0 Å². The van der Waals surface area contributed by atoms with Crippen molar-refractivity contribution in [3.05, 3.63) is 48.0 Å². The molecule has 2 aromatic carbocycles. The largest absolute Gasteiger partial charge is 0.491 e. The maximum atomic E-state index is 13.1. The summed E-state index contributed by atoms with van der Waals surface area (Å²) in [5, 5.41) is 0. The summed E-state index contributed by atoms with van der Waals surface area (Å²) in [5.41, 5.74) is 0.549. The first-order valence-electron chi connectivity index (χ1n) is 11.5. The van der Waals surface area contributed by atoms with Crippen LogP contribution in [0.2, 0.25) is 0 Å². The Morgan fingerprint density at radius 3 is 2.38 bits per heavy atom. The number of carbonyl (C=O) groups excluding carboxylic acids is 1. The van der Waals surface area contributed by atoms with E-state index >= 15 is 0 Å². The average Bonchev–Trinajstić information content (AvgIpc) is 3.41. The Bertz CT molecular complexity index is 1120. The molecule has 1 unspecified atom stereocenters. The van der Waals surface area contributed by atoms with E-state index in [4.69, 9.17) is 18.9 Å². The SMILES string of the molecule is O=C(c1ccc(OCC2CCCO2)cc1)N1CCN(S(=O)(=O)c2ccc3c(c2)OCCO3)CC1. The van der Waals surface area contributed by atoms with Gasteiger partial charge in [-0.1, -0.05) is 0 Å². The van der Waals surface area contributed by atoms with Crippen LogP contribution in [0.1, 0.15) is 23.2 Å². The van der Waals surface area contributed by atoms with Crippen molar-refractivity contribution in [2.24, 2.45) is 0 Å². The van der Waals surface area contributed by atoms with E-state index < -0.39 is 10.0 Å². The molecule has 3 heterocycles. The predicted octanol–water partition coefficient (Wildman–Crippen LogP) is 2.16. The molecule has 3 aliphatic rings. The molecule has 0 spiro atoms. The van der Waals surface area contributed by atoms with Gasteiger partial charge in [-0.3, -0.25) is 4.79 Å². The van der Waals surface area contributed by atoms with E-state index in [1.165, 1.54) is 16.4 Å². The quantitative estimate of drug-likeness (QED) is 0.615. The van der Waals surface area contributed by atoms with Crippen LogP contribution in [-0.2, 0) is 14.8 Å². The van der Waals surface area contributed by atoms with E-state index in [9.17, 15) is 13.2 Å². The Hall–Kier alpha value is -2.82. The zero-order valence-electron chi connectivity index (χ0n) is 18.9. The number of piperazine rings is 1. The normalized spacial score (nSPS) is 20.8. The first kappa shape index (κ1) is 22.9. The smallest absolute Gasteiger partial charge is 0.253 e.